The Bertz CT molecular complexity index is 600. The second-order valence-corrected chi connectivity index (χ2v) is 6.45. The van der Waals surface area contributed by atoms with Crippen LogP contribution in [0.3, 0.4) is 0 Å². The third-order valence-electron chi connectivity index (χ3n) is 3.87. The van der Waals surface area contributed by atoms with Crippen LogP contribution in [0.4, 0.5) is 5.69 Å². The number of rotatable bonds is 7. The van der Waals surface area contributed by atoms with Crippen molar-refractivity contribution in [2.45, 2.75) is 39.1 Å². The molecule has 6 heteroatoms. The van der Waals surface area contributed by atoms with E-state index in [0.717, 1.165) is 12.1 Å². The first-order valence-electron chi connectivity index (χ1n) is 8.40. The number of carbonyl (C=O) groups is 2. The SMILES string of the molecule is CCCC(=O)NC1SC=C(C(=O)N(CC)CC)N1c1ccccc1. The van der Waals surface area contributed by atoms with Crippen molar-refractivity contribution < 1.29 is 9.59 Å². The zero-order valence-electron chi connectivity index (χ0n) is 14.5. The van der Waals surface area contributed by atoms with Gasteiger partial charge >= 0.3 is 0 Å². The molecule has 130 valence electrons. The van der Waals surface area contributed by atoms with E-state index < -0.39 is 0 Å². The molecule has 0 saturated heterocycles. The van der Waals surface area contributed by atoms with E-state index in [4.69, 9.17) is 0 Å². The van der Waals surface area contributed by atoms with Crippen molar-refractivity contribution >= 4 is 29.3 Å². The number of carbonyl (C=O) groups excluding carboxylic acids is 2. The van der Waals surface area contributed by atoms with Crippen LogP contribution in [0, 0.1) is 0 Å². The fourth-order valence-corrected chi connectivity index (χ4v) is 3.63. The van der Waals surface area contributed by atoms with Gasteiger partial charge in [-0.05, 0) is 32.4 Å². The highest BCUT2D eigenvalue weighted by Gasteiger charge is 2.34. The topological polar surface area (TPSA) is 52.7 Å². The average Bonchev–Trinajstić information content (AvgIpc) is 3.00. The van der Waals surface area contributed by atoms with Crippen LogP contribution in [-0.4, -0.2) is 35.3 Å². The van der Waals surface area contributed by atoms with Crippen molar-refractivity contribution in [3.05, 3.63) is 41.4 Å². The van der Waals surface area contributed by atoms with Crippen molar-refractivity contribution in [2.75, 3.05) is 18.0 Å². The number of nitrogens with one attached hydrogen (secondary N) is 1. The molecule has 2 amide bonds. The first-order chi connectivity index (χ1) is 11.6. The van der Waals surface area contributed by atoms with Gasteiger partial charge in [-0.3, -0.25) is 9.59 Å². The van der Waals surface area contributed by atoms with E-state index >= 15 is 0 Å². The maximum Gasteiger partial charge on any atom is 0.271 e. The highest BCUT2D eigenvalue weighted by atomic mass is 32.2. The summed E-state index contributed by atoms with van der Waals surface area (Å²) in [5.41, 5.74) is 1.22. The van der Waals surface area contributed by atoms with Gasteiger partial charge in [-0.15, -0.1) is 0 Å². The summed E-state index contributed by atoms with van der Waals surface area (Å²) in [5, 5.41) is 4.87. The molecule has 1 aromatic rings. The molecule has 1 aromatic carbocycles. The molecule has 1 heterocycles. The monoisotopic (exact) mass is 347 g/mol. The highest BCUT2D eigenvalue weighted by molar-refractivity contribution is 8.03. The Morgan fingerprint density at radius 1 is 1.17 bits per heavy atom. The summed E-state index contributed by atoms with van der Waals surface area (Å²) >= 11 is 1.46. The first kappa shape index (κ1) is 18.4. The number of nitrogens with zero attached hydrogens (tertiary/aromatic N) is 2. The maximum atomic E-state index is 12.8. The summed E-state index contributed by atoms with van der Waals surface area (Å²) < 4.78 is 0. The van der Waals surface area contributed by atoms with E-state index in [2.05, 4.69) is 5.32 Å². The molecule has 0 spiro atoms. The fourth-order valence-electron chi connectivity index (χ4n) is 2.60. The summed E-state index contributed by atoms with van der Waals surface area (Å²) in [6, 6.07) is 9.71. The lowest BCUT2D eigenvalue weighted by atomic mass is 10.2. The van der Waals surface area contributed by atoms with Gasteiger partial charge in [-0.25, -0.2) is 0 Å². The number of amides is 2. The molecule has 1 aliphatic heterocycles. The van der Waals surface area contributed by atoms with Gasteiger partial charge in [-0.1, -0.05) is 36.9 Å². The maximum absolute atomic E-state index is 12.8. The average molecular weight is 347 g/mol. The Hall–Kier alpha value is -1.95. The molecule has 1 aliphatic rings. The quantitative estimate of drug-likeness (QED) is 0.823. The number of anilines is 1. The van der Waals surface area contributed by atoms with Crippen molar-refractivity contribution in [1.82, 2.24) is 10.2 Å². The molecule has 0 saturated carbocycles. The van der Waals surface area contributed by atoms with Gasteiger partial charge in [-0.2, -0.15) is 0 Å². The van der Waals surface area contributed by atoms with Crippen LogP contribution < -0.4 is 10.2 Å². The lowest BCUT2D eigenvalue weighted by molar-refractivity contribution is -0.127. The largest absolute Gasteiger partial charge is 0.338 e. The predicted molar refractivity (Wildman–Crippen MR) is 99.4 cm³/mol. The van der Waals surface area contributed by atoms with Crippen molar-refractivity contribution in [3.8, 4) is 0 Å². The summed E-state index contributed by atoms with van der Waals surface area (Å²) in [4.78, 5) is 28.6. The van der Waals surface area contributed by atoms with Crippen molar-refractivity contribution in [1.29, 1.82) is 0 Å². The summed E-state index contributed by atoms with van der Waals surface area (Å²) in [6.07, 6.45) is 1.28. The Balaban J connectivity index is 2.27. The van der Waals surface area contributed by atoms with E-state index in [-0.39, 0.29) is 17.3 Å². The van der Waals surface area contributed by atoms with Crippen LogP contribution in [0.5, 0.6) is 0 Å². The molecule has 5 nitrogen and oxygen atoms in total. The second-order valence-electron chi connectivity index (χ2n) is 5.49. The molecule has 0 aromatic heterocycles. The van der Waals surface area contributed by atoms with Crippen LogP contribution >= 0.6 is 11.8 Å². The summed E-state index contributed by atoms with van der Waals surface area (Å²) in [6.45, 7) is 7.23. The molecule has 24 heavy (non-hydrogen) atoms. The minimum Gasteiger partial charge on any atom is -0.338 e. The first-order valence-corrected chi connectivity index (χ1v) is 9.35. The van der Waals surface area contributed by atoms with E-state index in [1.165, 1.54) is 11.8 Å². The Kier molecular flexibility index (Phi) is 6.73. The van der Waals surface area contributed by atoms with Crippen LogP contribution in [-0.2, 0) is 9.59 Å². The molecule has 0 fully saturated rings. The smallest absolute Gasteiger partial charge is 0.271 e. The van der Waals surface area contributed by atoms with Crippen LogP contribution in [0.1, 0.15) is 33.6 Å². The van der Waals surface area contributed by atoms with E-state index in [1.807, 2.05) is 61.4 Å². The van der Waals surface area contributed by atoms with Crippen LogP contribution in [0.25, 0.3) is 0 Å². The molecular weight excluding hydrogens is 322 g/mol. The van der Waals surface area contributed by atoms with Gasteiger partial charge in [0.1, 0.15) is 5.70 Å². The molecule has 0 radical (unpaired) electrons. The predicted octanol–water partition coefficient (Wildman–Crippen LogP) is 3.15. The van der Waals surface area contributed by atoms with Gasteiger partial charge in [0, 0.05) is 30.6 Å². The van der Waals surface area contributed by atoms with Gasteiger partial charge < -0.3 is 15.1 Å². The van der Waals surface area contributed by atoms with E-state index in [9.17, 15) is 9.59 Å². The van der Waals surface area contributed by atoms with Crippen molar-refractivity contribution in [3.63, 3.8) is 0 Å². The normalized spacial score (nSPS) is 16.7. The standard InChI is InChI=1S/C18H25N3O2S/c1-4-10-16(22)19-18-21(14-11-8-7-9-12-14)15(13-24-18)17(23)20(5-2)6-3/h7-9,11-13,18H,4-6,10H2,1-3H3,(H,19,22). The molecule has 2 rings (SSSR count). The van der Waals surface area contributed by atoms with Gasteiger partial charge in [0.25, 0.3) is 5.91 Å². The summed E-state index contributed by atoms with van der Waals surface area (Å²) in [5.74, 6) is -0.00976. The third kappa shape index (κ3) is 4.12. The number of para-hydroxylation sites is 1. The third-order valence-corrected chi connectivity index (χ3v) is 4.81. The number of thioether (sulfide) groups is 1. The number of hydrogen-bond acceptors (Lipinski definition) is 4. The van der Waals surface area contributed by atoms with E-state index in [1.54, 1.807) is 4.90 Å². The van der Waals surface area contributed by atoms with Crippen LogP contribution in [0.15, 0.2) is 41.4 Å². The lowest BCUT2D eigenvalue weighted by Gasteiger charge is -2.31. The number of benzene rings is 1. The minimum atomic E-state index is -0.291. The van der Waals surface area contributed by atoms with E-state index in [0.29, 0.717) is 25.2 Å². The molecule has 1 unspecified atom stereocenters. The fraction of sp³-hybridized carbons (Fsp3) is 0.444. The van der Waals surface area contributed by atoms with Gasteiger partial charge in [0.05, 0.1) is 0 Å². The molecule has 1 atom stereocenters. The number of hydrogen-bond donors (Lipinski definition) is 1. The van der Waals surface area contributed by atoms with Crippen molar-refractivity contribution in [2.24, 2.45) is 0 Å². The Labute approximate surface area is 148 Å². The Morgan fingerprint density at radius 2 is 1.83 bits per heavy atom. The zero-order valence-corrected chi connectivity index (χ0v) is 15.3. The highest BCUT2D eigenvalue weighted by Crippen LogP contribution is 2.35. The number of likely N-dealkylation sites (N-methyl/N-ethyl adjacent to an activating group) is 1. The summed E-state index contributed by atoms with van der Waals surface area (Å²) in [7, 11) is 0. The zero-order chi connectivity index (χ0) is 17.5. The minimum absolute atomic E-state index is 0.000805. The second kappa shape index (κ2) is 8.78. The molecule has 0 aliphatic carbocycles. The molecular formula is C18H25N3O2S. The van der Waals surface area contributed by atoms with Gasteiger partial charge in [0.15, 0.2) is 5.50 Å². The molecule has 1 N–H and O–H groups in total. The lowest BCUT2D eigenvalue weighted by Crippen LogP contribution is -2.46. The Morgan fingerprint density at radius 3 is 2.42 bits per heavy atom. The molecule has 0 bridgehead atoms. The van der Waals surface area contributed by atoms with Crippen LogP contribution in [0.2, 0.25) is 0 Å². The van der Waals surface area contributed by atoms with Gasteiger partial charge in [0.2, 0.25) is 5.91 Å².